The zero-order valence-corrected chi connectivity index (χ0v) is 65.7. The molecule has 4 saturated heterocycles. The second kappa shape index (κ2) is 49.0. The minimum Gasteiger partial charge on any atom is -0.862 e. The van der Waals surface area contributed by atoms with Crippen molar-refractivity contribution in [2.24, 2.45) is 43.1 Å². The van der Waals surface area contributed by atoms with Crippen molar-refractivity contribution in [3.8, 4) is 0 Å². The van der Waals surface area contributed by atoms with Crippen LogP contribution in [0.2, 0.25) is 0 Å². The molecule has 4 aliphatic heterocycles. The van der Waals surface area contributed by atoms with E-state index in [-0.39, 0.29) is 207 Å². The number of amides is 7. The maximum absolute atomic E-state index is 14.8. The summed E-state index contributed by atoms with van der Waals surface area (Å²) in [5.41, 5.74) is 17.6. The predicted octanol–water partition coefficient (Wildman–Crippen LogP) is -6.36. The first-order valence-corrected chi connectivity index (χ1v) is 38.3. The summed E-state index contributed by atoms with van der Waals surface area (Å²) in [6.07, 6.45) is 5.82. The van der Waals surface area contributed by atoms with Crippen LogP contribution in [-0.4, -0.2) is 359 Å². The number of likely N-dealkylation sites (tertiary alicyclic amines) is 3. The Balaban J connectivity index is 0.0000220. The van der Waals surface area contributed by atoms with E-state index in [1.54, 1.807) is 49.9 Å². The van der Waals surface area contributed by atoms with Crippen LogP contribution in [-0.2, 0) is 59.2 Å². The summed E-state index contributed by atoms with van der Waals surface area (Å²) >= 11 is 0. The molecule has 6 rings (SSSR count). The summed E-state index contributed by atoms with van der Waals surface area (Å²) in [4.78, 5) is 174. The summed E-state index contributed by atoms with van der Waals surface area (Å²) in [5.74, 6) is -12.2. The van der Waals surface area contributed by atoms with E-state index >= 15 is 0 Å². The molecule has 0 aromatic heterocycles. The standard InChI is InChI=1S/C72H116N18O20.Ga/c73-24-10-9-19-50(79-58(93)23-8-3-11-25-76-60(95)42-84-29-31-85(43-61(96)97)33-35-87(45-63(100)101)36-34-86(32-30-84)44-62(98)99)64(102)81-51(20-12-26-77-72(74)75)68(106)89-28-14-22-56(89)70(108)90-41-49(92)39-57(90)66(104)78-40-59(94)80-52(37-47-15-4-1-5-16-47)65(103)83-54(46-91)69(107)88-27-13-21-55(88)67(105)82-53(71(109)110)38-48-17-6-2-7-18-48;/h2,6-7,17-18,47,49-57,91-92H,1,3-5,8-16,19-46,73H2,(H,76,95)(H,78,104)(H,79,93)(H,80,94)(H,81,102)(H,82,105)(H,83,103)(H,96,97)(H,98,99)(H,100,101)(H,109,110)(H4,74,75,77);/q;+3/p-3/t49-,50+,51+,52+,53+,54+,55+,56+,57+;/m1./s1. The number of aliphatic hydroxyl groups excluding tert-OH is 2. The number of unbranched alkanes of at least 4 members (excludes halogenated alkanes) is 3. The monoisotopic (exact) mass is 1620 g/mol. The number of hydrogen-bond donors (Lipinski definition) is 13. The largest absolute Gasteiger partial charge is 3.00 e. The van der Waals surface area contributed by atoms with Crippen molar-refractivity contribution in [1.29, 1.82) is 0 Å². The fraction of sp³-hybridized carbons (Fsp3) is 0.708. The van der Waals surface area contributed by atoms with Crippen molar-refractivity contribution < 1.29 is 98.7 Å². The van der Waals surface area contributed by atoms with Gasteiger partial charge in [0.05, 0.1) is 32.3 Å². The van der Waals surface area contributed by atoms with Crippen LogP contribution in [0.4, 0.5) is 0 Å². The number of aliphatic imine (C=N–C) groups is 4. The van der Waals surface area contributed by atoms with Gasteiger partial charge in [-0.2, -0.15) is 0 Å². The first-order chi connectivity index (χ1) is 52.6. The fourth-order valence-corrected chi connectivity index (χ4v) is 14.5. The number of benzene rings is 1. The number of β-amino-alcohol motifs (C(OH)–C–C–N with tert-alkyl or cyclic N) is 1. The number of rotatable bonds is 42. The molecule has 7 amide bonds. The van der Waals surface area contributed by atoms with E-state index in [2.05, 4.69) is 41.2 Å². The Kier molecular flexibility index (Phi) is 41.1. The molecule has 111 heavy (non-hydrogen) atoms. The van der Waals surface area contributed by atoms with Crippen LogP contribution in [0.15, 0.2) is 50.3 Å². The number of carbonyl (C=O) groups excluding carboxylic acids is 7. The maximum Gasteiger partial charge on any atom is 3.00 e. The Morgan fingerprint density at radius 2 is 1.07 bits per heavy atom. The third-order valence-corrected chi connectivity index (χ3v) is 20.3. The van der Waals surface area contributed by atoms with Crippen LogP contribution < -0.4 is 53.8 Å². The normalized spacial score (nSPS) is 21.1. The van der Waals surface area contributed by atoms with Crippen molar-refractivity contribution in [2.75, 3.05) is 131 Å². The fourth-order valence-electron chi connectivity index (χ4n) is 14.5. The van der Waals surface area contributed by atoms with Gasteiger partial charge in [-0.15, -0.1) is 0 Å². The van der Waals surface area contributed by atoms with Gasteiger partial charge in [0.25, 0.3) is 0 Å². The van der Waals surface area contributed by atoms with Crippen LogP contribution in [0.3, 0.4) is 0 Å². The molecular weight excluding hydrogens is 1510 g/mol. The number of carboxylic acids is 4. The maximum atomic E-state index is 14.8. The topological polar surface area (TPSA) is 577 Å². The summed E-state index contributed by atoms with van der Waals surface area (Å²) in [7, 11) is 0. The average molecular weight is 1620 g/mol. The number of aliphatic carboxylic acids is 4. The smallest absolute Gasteiger partial charge is 0.862 e. The number of guanidine groups is 1. The van der Waals surface area contributed by atoms with Crippen LogP contribution in [0.1, 0.15) is 134 Å². The number of hydrogen-bond acceptors (Lipinski definition) is 25. The molecule has 0 unspecified atom stereocenters. The van der Waals surface area contributed by atoms with Gasteiger partial charge in [-0.1, -0.05) is 68.9 Å². The van der Waals surface area contributed by atoms with E-state index < -0.39 is 151 Å². The zero-order valence-electron chi connectivity index (χ0n) is 63.3. The minimum atomic E-state index is -1.59. The quantitative estimate of drug-likeness (QED) is 0.0125. The predicted molar refractivity (Wildman–Crippen MR) is 401 cm³/mol. The van der Waals surface area contributed by atoms with Gasteiger partial charge in [-0.05, 0) is 119 Å². The number of nitrogens with zero attached hydrogens (tertiary/aromatic N) is 11. The molecule has 1 aromatic carbocycles. The van der Waals surface area contributed by atoms with Crippen molar-refractivity contribution in [3.63, 3.8) is 0 Å². The van der Waals surface area contributed by atoms with Gasteiger partial charge in [-0.3, -0.25) is 82.5 Å². The van der Waals surface area contributed by atoms with Gasteiger partial charge < -0.3 is 104 Å². The molecule has 1 saturated carbocycles. The molecule has 614 valence electrons. The second-order valence-corrected chi connectivity index (χ2v) is 28.8. The molecule has 38 nitrogen and oxygen atoms in total. The zero-order chi connectivity index (χ0) is 80.2. The molecule has 0 spiro atoms. The number of carbonyl (C=O) groups is 11. The van der Waals surface area contributed by atoms with Crippen LogP contribution >= 0.6 is 0 Å². The first-order valence-electron chi connectivity index (χ1n) is 38.3. The summed E-state index contributed by atoms with van der Waals surface area (Å²) < 4.78 is 0. The molecule has 4 heterocycles. The third kappa shape index (κ3) is 32.6. The molecule has 16 N–H and O–H groups in total. The van der Waals surface area contributed by atoms with Gasteiger partial charge in [0, 0.05) is 111 Å². The van der Waals surface area contributed by atoms with E-state index in [0.717, 1.165) is 24.2 Å². The van der Waals surface area contributed by atoms with E-state index in [1.165, 1.54) is 9.80 Å². The molecular formula is C72H113GaN18O20. The van der Waals surface area contributed by atoms with Crippen molar-refractivity contribution in [3.05, 3.63) is 35.9 Å². The Hall–Kier alpha value is -8.57. The average Bonchev–Trinajstić information content (AvgIpc) is 1.68. The Labute approximate surface area is 659 Å². The molecule has 5 fully saturated rings. The van der Waals surface area contributed by atoms with Crippen molar-refractivity contribution in [2.45, 2.75) is 189 Å². The number of nitrogens with one attached hydrogen (secondary N) is 4. The van der Waals surface area contributed by atoms with E-state index in [1.807, 2.05) is 0 Å². The van der Waals surface area contributed by atoms with Gasteiger partial charge >= 0.3 is 43.7 Å². The molecule has 9 atom stereocenters. The summed E-state index contributed by atoms with van der Waals surface area (Å²) in [6, 6.07) is -1.87. The Morgan fingerprint density at radius 1 is 0.532 bits per heavy atom. The number of carboxylic acid groups (broad SMARTS) is 4. The van der Waals surface area contributed by atoms with Gasteiger partial charge in [-0.25, -0.2) is 4.79 Å². The number of nitrogens with two attached hydrogens (primary N) is 3. The van der Waals surface area contributed by atoms with Crippen LogP contribution in [0.5, 0.6) is 0 Å². The van der Waals surface area contributed by atoms with Gasteiger partial charge in [0.2, 0.25) is 41.4 Å². The number of aliphatic hydroxyl groups is 2. The Morgan fingerprint density at radius 3 is 1.64 bits per heavy atom. The second-order valence-electron chi connectivity index (χ2n) is 28.8. The molecule has 1 aromatic rings. The molecule has 39 heteroatoms. The third-order valence-electron chi connectivity index (χ3n) is 20.3. The van der Waals surface area contributed by atoms with E-state index in [9.17, 15) is 98.7 Å². The van der Waals surface area contributed by atoms with E-state index in [0.29, 0.717) is 63.4 Å². The SMILES string of the molecule is NCCCC[C@H](N=C([O-])CCCCCN=C([O-])CN1CCN(CC(=O)O)CCN(CC(=O)O)CCN(CC(=O)O)CC1)C(=O)N[C@@H](CCCN=C(N)N)C(=O)N1CCC[C@H]1C(=O)N1C[C@H](O)C[C@H]1C(=O)NCC([O-])=N[C@@H](CC1CCCCC1)C(=O)N[C@@H](CO)C(=O)N1CCC[C@H]1C(=O)N[C@@H](Cc1ccccc1)C(=O)O.[Ga+3]. The minimum absolute atomic E-state index is 0. The Bertz CT molecular complexity index is 3300. The van der Waals surface area contributed by atoms with Gasteiger partial charge in [0.1, 0.15) is 48.3 Å². The summed E-state index contributed by atoms with van der Waals surface area (Å²) in [5, 5.41) is 111. The molecule has 1 aliphatic carbocycles. The molecule has 5 aliphatic rings. The summed E-state index contributed by atoms with van der Waals surface area (Å²) in [6.45, 7) is -0.800. The van der Waals surface area contributed by atoms with Crippen molar-refractivity contribution in [1.82, 2.24) is 55.6 Å². The molecule has 0 radical (unpaired) electrons. The van der Waals surface area contributed by atoms with Crippen LogP contribution in [0.25, 0.3) is 0 Å². The van der Waals surface area contributed by atoms with Crippen molar-refractivity contribution >= 4 is 109 Å². The van der Waals surface area contributed by atoms with E-state index in [4.69, 9.17) is 17.2 Å². The van der Waals surface area contributed by atoms with Crippen LogP contribution in [0, 0.1) is 5.92 Å². The van der Waals surface area contributed by atoms with Gasteiger partial charge in [0.15, 0.2) is 5.96 Å². The molecule has 0 bridgehead atoms. The first kappa shape index (κ1) is 93.0.